The van der Waals surface area contributed by atoms with Crippen LogP contribution in [0.15, 0.2) is 48.7 Å². The van der Waals surface area contributed by atoms with Crippen molar-refractivity contribution >= 4 is 28.3 Å². The number of carbonyl (C=O) groups excluding carboxylic acids is 1. The fraction of sp³-hybridized carbons (Fsp3) is 0.111. The van der Waals surface area contributed by atoms with Crippen LogP contribution in [0.1, 0.15) is 21.7 Å². The summed E-state index contributed by atoms with van der Waals surface area (Å²) in [6, 6.07) is 13.4. The minimum absolute atomic E-state index is 0.273. The molecule has 0 saturated heterocycles. The summed E-state index contributed by atoms with van der Waals surface area (Å²) in [5.41, 5.74) is 3.58. The molecule has 0 aliphatic heterocycles. The largest absolute Gasteiger partial charge is 0.306 e. The predicted molar refractivity (Wildman–Crippen MR) is 92.2 cm³/mol. The average molecular weight is 317 g/mol. The molecule has 0 radical (unpaired) electrons. The Hall–Kier alpha value is -3.28. The second-order valence-electron chi connectivity index (χ2n) is 5.68. The SMILES string of the molecule is Cc1cc(C)n2ncc(C(=O)Nc3ccc4ccccc4n3)c2n1. The Labute approximate surface area is 138 Å². The standard InChI is InChI=1S/C18H15N5O/c1-11-9-12(2)23-17(20-11)14(10-19-23)18(24)22-16-8-7-13-5-3-4-6-15(13)21-16/h3-10H,1-2H3,(H,21,22,24). The van der Waals surface area contributed by atoms with Gasteiger partial charge in [0.05, 0.1) is 11.7 Å². The molecule has 1 amide bonds. The summed E-state index contributed by atoms with van der Waals surface area (Å²) in [4.78, 5) is 21.5. The van der Waals surface area contributed by atoms with Crippen LogP contribution in [-0.2, 0) is 0 Å². The zero-order valence-corrected chi connectivity index (χ0v) is 13.3. The summed E-state index contributed by atoms with van der Waals surface area (Å²) in [5, 5.41) is 8.10. The molecule has 3 heterocycles. The minimum Gasteiger partial charge on any atom is -0.306 e. The Bertz CT molecular complexity index is 1080. The van der Waals surface area contributed by atoms with Crippen LogP contribution in [0.25, 0.3) is 16.6 Å². The van der Waals surface area contributed by atoms with Gasteiger partial charge in [-0.05, 0) is 38.1 Å². The first-order valence-electron chi connectivity index (χ1n) is 7.61. The second kappa shape index (κ2) is 5.42. The van der Waals surface area contributed by atoms with Crippen molar-refractivity contribution in [3.8, 4) is 0 Å². The maximum Gasteiger partial charge on any atom is 0.262 e. The van der Waals surface area contributed by atoms with Gasteiger partial charge in [0.25, 0.3) is 5.91 Å². The molecule has 1 aromatic carbocycles. The number of nitrogens with zero attached hydrogens (tertiary/aromatic N) is 4. The number of amides is 1. The number of carbonyl (C=O) groups is 1. The number of hydrogen-bond acceptors (Lipinski definition) is 4. The summed E-state index contributed by atoms with van der Waals surface area (Å²) in [6.45, 7) is 3.83. The van der Waals surface area contributed by atoms with E-state index in [1.807, 2.05) is 50.2 Å². The molecular weight excluding hydrogens is 302 g/mol. The van der Waals surface area contributed by atoms with E-state index in [-0.39, 0.29) is 5.91 Å². The number of aryl methyl sites for hydroxylation is 2. The molecule has 0 saturated carbocycles. The second-order valence-corrected chi connectivity index (χ2v) is 5.68. The molecule has 6 nitrogen and oxygen atoms in total. The van der Waals surface area contributed by atoms with Crippen LogP contribution in [0, 0.1) is 13.8 Å². The highest BCUT2D eigenvalue weighted by Gasteiger charge is 2.16. The van der Waals surface area contributed by atoms with Gasteiger partial charge in [-0.1, -0.05) is 18.2 Å². The van der Waals surface area contributed by atoms with Crippen LogP contribution in [0.5, 0.6) is 0 Å². The first kappa shape index (κ1) is 14.3. The monoisotopic (exact) mass is 317 g/mol. The van der Waals surface area contributed by atoms with Gasteiger partial charge < -0.3 is 5.32 Å². The molecule has 0 bridgehead atoms. The molecule has 24 heavy (non-hydrogen) atoms. The number of anilines is 1. The van der Waals surface area contributed by atoms with E-state index in [2.05, 4.69) is 20.4 Å². The molecule has 0 fully saturated rings. The quantitative estimate of drug-likeness (QED) is 0.616. The Kier molecular flexibility index (Phi) is 3.23. The number of pyridine rings is 1. The summed E-state index contributed by atoms with van der Waals surface area (Å²) < 4.78 is 1.66. The van der Waals surface area contributed by atoms with Crippen LogP contribution >= 0.6 is 0 Å². The van der Waals surface area contributed by atoms with Gasteiger partial charge in [0.15, 0.2) is 5.65 Å². The third-order valence-electron chi connectivity index (χ3n) is 3.86. The Morgan fingerprint density at radius 1 is 1.08 bits per heavy atom. The van der Waals surface area contributed by atoms with Crippen LogP contribution in [0.4, 0.5) is 5.82 Å². The smallest absolute Gasteiger partial charge is 0.262 e. The van der Waals surface area contributed by atoms with Gasteiger partial charge in [-0.3, -0.25) is 4.79 Å². The third kappa shape index (κ3) is 2.38. The zero-order valence-electron chi connectivity index (χ0n) is 13.3. The molecule has 1 N–H and O–H groups in total. The lowest BCUT2D eigenvalue weighted by Gasteiger charge is -2.05. The Morgan fingerprint density at radius 3 is 2.79 bits per heavy atom. The van der Waals surface area contributed by atoms with E-state index in [0.29, 0.717) is 17.0 Å². The van der Waals surface area contributed by atoms with Crippen molar-refractivity contribution in [3.63, 3.8) is 0 Å². The van der Waals surface area contributed by atoms with Crippen molar-refractivity contribution in [3.05, 3.63) is 65.6 Å². The lowest BCUT2D eigenvalue weighted by atomic mass is 10.2. The van der Waals surface area contributed by atoms with E-state index in [1.165, 1.54) is 6.20 Å². The fourth-order valence-electron chi connectivity index (χ4n) is 2.75. The van der Waals surface area contributed by atoms with Crippen molar-refractivity contribution in [1.29, 1.82) is 0 Å². The highest BCUT2D eigenvalue weighted by molar-refractivity contribution is 6.08. The lowest BCUT2D eigenvalue weighted by Crippen LogP contribution is -2.13. The highest BCUT2D eigenvalue weighted by Crippen LogP contribution is 2.17. The normalized spacial score (nSPS) is 11.1. The van der Waals surface area contributed by atoms with Gasteiger partial charge in [-0.2, -0.15) is 5.10 Å². The molecule has 3 aromatic heterocycles. The number of nitrogens with one attached hydrogen (secondary N) is 1. The number of aromatic nitrogens is 4. The van der Waals surface area contributed by atoms with Gasteiger partial charge in [0, 0.05) is 16.8 Å². The van der Waals surface area contributed by atoms with Crippen molar-refractivity contribution in [2.75, 3.05) is 5.32 Å². The van der Waals surface area contributed by atoms with E-state index in [0.717, 1.165) is 22.3 Å². The number of hydrogen-bond donors (Lipinski definition) is 1. The van der Waals surface area contributed by atoms with Gasteiger partial charge in [-0.15, -0.1) is 0 Å². The first-order valence-corrected chi connectivity index (χ1v) is 7.61. The van der Waals surface area contributed by atoms with Crippen LogP contribution in [-0.4, -0.2) is 25.5 Å². The number of para-hydroxylation sites is 1. The molecule has 4 rings (SSSR count). The number of fused-ring (bicyclic) bond motifs is 2. The van der Waals surface area contributed by atoms with E-state index in [4.69, 9.17) is 0 Å². The zero-order chi connectivity index (χ0) is 16.7. The molecule has 6 heteroatoms. The molecular formula is C18H15N5O. The van der Waals surface area contributed by atoms with Gasteiger partial charge in [0.1, 0.15) is 11.4 Å². The molecule has 0 atom stereocenters. The molecule has 118 valence electrons. The van der Waals surface area contributed by atoms with Crippen LogP contribution in [0.3, 0.4) is 0 Å². The number of rotatable bonds is 2. The van der Waals surface area contributed by atoms with Crippen LogP contribution < -0.4 is 5.32 Å². The molecule has 0 spiro atoms. The third-order valence-corrected chi connectivity index (χ3v) is 3.86. The minimum atomic E-state index is -0.273. The molecule has 0 aliphatic carbocycles. The first-order chi connectivity index (χ1) is 11.6. The topological polar surface area (TPSA) is 72.2 Å². The number of benzene rings is 1. The Morgan fingerprint density at radius 2 is 1.92 bits per heavy atom. The van der Waals surface area contributed by atoms with Crippen molar-refractivity contribution in [2.24, 2.45) is 0 Å². The van der Waals surface area contributed by atoms with E-state index < -0.39 is 0 Å². The Balaban J connectivity index is 1.71. The predicted octanol–water partition coefficient (Wildman–Crippen LogP) is 3.15. The summed E-state index contributed by atoms with van der Waals surface area (Å²) in [5.74, 6) is 0.229. The van der Waals surface area contributed by atoms with Crippen molar-refractivity contribution in [1.82, 2.24) is 19.6 Å². The summed E-state index contributed by atoms with van der Waals surface area (Å²) in [7, 11) is 0. The van der Waals surface area contributed by atoms with Gasteiger partial charge in [0.2, 0.25) is 0 Å². The molecule has 0 aliphatic rings. The lowest BCUT2D eigenvalue weighted by molar-refractivity contribution is 0.102. The van der Waals surface area contributed by atoms with Gasteiger partial charge in [-0.25, -0.2) is 14.5 Å². The maximum absolute atomic E-state index is 12.6. The fourth-order valence-corrected chi connectivity index (χ4v) is 2.75. The summed E-state index contributed by atoms with van der Waals surface area (Å²) >= 11 is 0. The van der Waals surface area contributed by atoms with E-state index in [9.17, 15) is 4.79 Å². The maximum atomic E-state index is 12.6. The average Bonchev–Trinajstić information content (AvgIpc) is 2.99. The van der Waals surface area contributed by atoms with E-state index >= 15 is 0 Å². The summed E-state index contributed by atoms with van der Waals surface area (Å²) in [6.07, 6.45) is 1.53. The molecule has 0 unspecified atom stereocenters. The van der Waals surface area contributed by atoms with E-state index in [1.54, 1.807) is 10.6 Å². The highest BCUT2D eigenvalue weighted by atomic mass is 16.1. The van der Waals surface area contributed by atoms with Crippen molar-refractivity contribution < 1.29 is 4.79 Å². The van der Waals surface area contributed by atoms with Gasteiger partial charge >= 0.3 is 0 Å². The van der Waals surface area contributed by atoms with Crippen molar-refractivity contribution in [2.45, 2.75) is 13.8 Å². The van der Waals surface area contributed by atoms with Crippen LogP contribution in [0.2, 0.25) is 0 Å². The molecule has 4 aromatic rings.